The molecule has 3 aromatic rings. The summed E-state index contributed by atoms with van der Waals surface area (Å²) in [6, 6.07) is 16.3. The Morgan fingerprint density at radius 1 is 1.12 bits per heavy atom. The van der Waals surface area contributed by atoms with Crippen molar-refractivity contribution >= 4 is 34.7 Å². The highest BCUT2D eigenvalue weighted by molar-refractivity contribution is 6.31. The number of carbonyl (C=O) groups excluding carboxylic acids is 1. The van der Waals surface area contributed by atoms with Crippen LogP contribution in [0.2, 0.25) is 5.02 Å². The van der Waals surface area contributed by atoms with E-state index in [1.165, 1.54) is 6.20 Å². The van der Waals surface area contributed by atoms with Gasteiger partial charge in [-0.2, -0.15) is 0 Å². The van der Waals surface area contributed by atoms with Crippen molar-refractivity contribution in [2.24, 2.45) is 0 Å². The number of nitrogens with one attached hydrogen (secondary N) is 2. The Morgan fingerprint density at radius 3 is 2.65 bits per heavy atom. The van der Waals surface area contributed by atoms with Crippen LogP contribution in [0.25, 0.3) is 0 Å². The van der Waals surface area contributed by atoms with Crippen LogP contribution in [0.4, 0.5) is 17.2 Å². The largest absolute Gasteiger partial charge is 0.497 e. The SMILES string of the molecule is COc1cccc(NC(=O)c2ccc(Nc3cccc(Cl)c3C)nc2)c1. The van der Waals surface area contributed by atoms with Crippen molar-refractivity contribution in [3.63, 3.8) is 0 Å². The van der Waals surface area contributed by atoms with Gasteiger partial charge in [0, 0.05) is 28.7 Å². The lowest BCUT2D eigenvalue weighted by atomic mass is 10.2. The van der Waals surface area contributed by atoms with E-state index < -0.39 is 0 Å². The van der Waals surface area contributed by atoms with Gasteiger partial charge in [0.15, 0.2) is 0 Å². The molecule has 0 saturated carbocycles. The van der Waals surface area contributed by atoms with E-state index in [0.717, 1.165) is 11.3 Å². The molecule has 0 saturated heterocycles. The van der Waals surface area contributed by atoms with E-state index in [2.05, 4.69) is 15.6 Å². The number of rotatable bonds is 5. The Morgan fingerprint density at radius 2 is 1.92 bits per heavy atom. The molecule has 26 heavy (non-hydrogen) atoms. The fourth-order valence-electron chi connectivity index (χ4n) is 2.39. The van der Waals surface area contributed by atoms with E-state index in [4.69, 9.17) is 16.3 Å². The average molecular weight is 368 g/mol. The molecule has 0 atom stereocenters. The molecular weight excluding hydrogens is 350 g/mol. The number of halogens is 1. The van der Waals surface area contributed by atoms with Crippen LogP contribution in [0, 0.1) is 6.92 Å². The van der Waals surface area contributed by atoms with Crippen molar-refractivity contribution in [1.29, 1.82) is 0 Å². The lowest BCUT2D eigenvalue weighted by molar-refractivity contribution is 0.102. The first-order valence-corrected chi connectivity index (χ1v) is 8.38. The predicted molar refractivity (Wildman–Crippen MR) is 105 cm³/mol. The van der Waals surface area contributed by atoms with Gasteiger partial charge in [0.25, 0.3) is 5.91 Å². The van der Waals surface area contributed by atoms with Gasteiger partial charge in [-0.15, -0.1) is 0 Å². The first kappa shape index (κ1) is 17.8. The Balaban J connectivity index is 1.70. The zero-order chi connectivity index (χ0) is 18.5. The molecule has 3 rings (SSSR count). The summed E-state index contributed by atoms with van der Waals surface area (Å²) in [5.41, 5.74) is 2.93. The maximum Gasteiger partial charge on any atom is 0.257 e. The second-order valence-electron chi connectivity index (χ2n) is 5.66. The molecule has 0 radical (unpaired) electrons. The molecule has 5 nitrogen and oxygen atoms in total. The van der Waals surface area contributed by atoms with Crippen LogP contribution >= 0.6 is 11.6 Å². The highest BCUT2D eigenvalue weighted by Gasteiger charge is 2.08. The smallest absolute Gasteiger partial charge is 0.257 e. The third-order valence-corrected chi connectivity index (χ3v) is 4.29. The molecule has 0 aliphatic rings. The Hall–Kier alpha value is -3.05. The molecule has 1 heterocycles. The maximum absolute atomic E-state index is 12.4. The number of hydrogen-bond donors (Lipinski definition) is 2. The summed E-state index contributed by atoms with van der Waals surface area (Å²) in [5, 5.41) is 6.71. The van der Waals surface area contributed by atoms with Crippen LogP contribution in [0.15, 0.2) is 60.8 Å². The number of hydrogen-bond acceptors (Lipinski definition) is 4. The summed E-state index contributed by atoms with van der Waals surface area (Å²) in [6.07, 6.45) is 1.53. The summed E-state index contributed by atoms with van der Waals surface area (Å²) < 4.78 is 5.15. The molecule has 0 aliphatic carbocycles. The second-order valence-corrected chi connectivity index (χ2v) is 6.06. The molecule has 132 valence electrons. The minimum atomic E-state index is -0.240. The number of carbonyl (C=O) groups is 1. The molecule has 2 aromatic carbocycles. The van der Waals surface area contributed by atoms with Crippen molar-refractivity contribution in [3.8, 4) is 5.75 Å². The van der Waals surface area contributed by atoms with Gasteiger partial charge in [-0.25, -0.2) is 4.98 Å². The van der Waals surface area contributed by atoms with Crippen LogP contribution in [0.5, 0.6) is 5.75 Å². The molecule has 0 aliphatic heterocycles. The number of methoxy groups -OCH3 is 1. The summed E-state index contributed by atoms with van der Waals surface area (Å²) in [4.78, 5) is 16.7. The maximum atomic E-state index is 12.4. The highest BCUT2D eigenvalue weighted by Crippen LogP contribution is 2.25. The Bertz CT molecular complexity index is 927. The van der Waals surface area contributed by atoms with E-state index in [1.807, 2.05) is 37.3 Å². The predicted octanol–water partition coefficient (Wildman–Crippen LogP) is 5.05. The number of anilines is 3. The van der Waals surface area contributed by atoms with E-state index in [1.54, 1.807) is 31.4 Å². The fourth-order valence-corrected chi connectivity index (χ4v) is 2.56. The first-order chi connectivity index (χ1) is 12.6. The van der Waals surface area contributed by atoms with Gasteiger partial charge in [-0.1, -0.05) is 23.7 Å². The molecule has 0 bridgehead atoms. The number of nitrogens with zero attached hydrogens (tertiary/aromatic N) is 1. The Labute approximate surface area is 157 Å². The number of pyridine rings is 1. The van der Waals surface area contributed by atoms with Gasteiger partial charge in [-0.3, -0.25) is 4.79 Å². The fraction of sp³-hybridized carbons (Fsp3) is 0.100. The normalized spacial score (nSPS) is 10.3. The minimum Gasteiger partial charge on any atom is -0.497 e. The van der Waals surface area contributed by atoms with E-state index >= 15 is 0 Å². The third kappa shape index (κ3) is 4.13. The van der Waals surface area contributed by atoms with E-state index in [0.29, 0.717) is 27.8 Å². The summed E-state index contributed by atoms with van der Waals surface area (Å²) in [7, 11) is 1.58. The van der Waals surface area contributed by atoms with Gasteiger partial charge >= 0.3 is 0 Å². The second kappa shape index (κ2) is 7.89. The standard InChI is InChI=1S/C20H18ClN3O2/c1-13-17(21)7-4-8-18(13)24-19-10-9-14(12-22-19)20(25)23-15-5-3-6-16(11-15)26-2/h3-12H,1-2H3,(H,22,24)(H,23,25). The van der Waals surface area contributed by atoms with Crippen molar-refractivity contribution < 1.29 is 9.53 Å². The summed E-state index contributed by atoms with van der Waals surface area (Å²) in [6.45, 7) is 1.93. The zero-order valence-electron chi connectivity index (χ0n) is 14.4. The molecule has 1 aromatic heterocycles. The quantitative estimate of drug-likeness (QED) is 0.662. The van der Waals surface area contributed by atoms with Crippen molar-refractivity contribution in [2.45, 2.75) is 6.92 Å². The zero-order valence-corrected chi connectivity index (χ0v) is 15.2. The number of amides is 1. The van der Waals surface area contributed by atoms with Crippen LogP contribution in [0.3, 0.4) is 0 Å². The minimum absolute atomic E-state index is 0.240. The van der Waals surface area contributed by atoms with Gasteiger partial charge < -0.3 is 15.4 Å². The molecule has 2 N–H and O–H groups in total. The van der Waals surface area contributed by atoms with Gasteiger partial charge in [0.2, 0.25) is 0 Å². The molecule has 0 fully saturated rings. The van der Waals surface area contributed by atoms with Crippen LogP contribution < -0.4 is 15.4 Å². The third-order valence-electron chi connectivity index (χ3n) is 3.88. The average Bonchev–Trinajstić information content (AvgIpc) is 2.66. The molecule has 0 spiro atoms. The topological polar surface area (TPSA) is 63.2 Å². The molecule has 1 amide bonds. The first-order valence-electron chi connectivity index (χ1n) is 8.00. The van der Waals surface area contributed by atoms with E-state index in [-0.39, 0.29) is 5.91 Å². The van der Waals surface area contributed by atoms with Crippen LogP contribution in [-0.4, -0.2) is 18.0 Å². The molecule has 6 heteroatoms. The monoisotopic (exact) mass is 367 g/mol. The van der Waals surface area contributed by atoms with Crippen LogP contribution in [-0.2, 0) is 0 Å². The van der Waals surface area contributed by atoms with Crippen molar-refractivity contribution in [3.05, 3.63) is 76.9 Å². The van der Waals surface area contributed by atoms with Crippen LogP contribution in [0.1, 0.15) is 15.9 Å². The summed E-state index contributed by atoms with van der Waals surface area (Å²) in [5.74, 6) is 1.07. The lowest BCUT2D eigenvalue weighted by Gasteiger charge is -2.10. The number of ether oxygens (including phenoxy) is 1. The van der Waals surface area contributed by atoms with Gasteiger partial charge in [-0.05, 0) is 48.9 Å². The van der Waals surface area contributed by atoms with E-state index in [9.17, 15) is 4.79 Å². The number of aromatic nitrogens is 1. The van der Waals surface area contributed by atoms with Gasteiger partial charge in [0.05, 0.1) is 12.7 Å². The molecular formula is C20H18ClN3O2. The number of benzene rings is 2. The lowest BCUT2D eigenvalue weighted by Crippen LogP contribution is -2.12. The summed E-state index contributed by atoms with van der Waals surface area (Å²) >= 11 is 6.12. The molecule has 0 unspecified atom stereocenters. The van der Waals surface area contributed by atoms with Crippen molar-refractivity contribution in [2.75, 3.05) is 17.7 Å². The van der Waals surface area contributed by atoms with Gasteiger partial charge in [0.1, 0.15) is 11.6 Å². The van der Waals surface area contributed by atoms with Crippen molar-refractivity contribution in [1.82, 2.24) is 4.98 Å². The Kier molecular flexibility index (Phi) is 5.39. The highest BCUT2D eigenvalue weighted by atomic mass is 35.5.